The van der Waals surface area contributed by atoms with Gasteiger partial charge in [-0.2, -0.15) is 0 Å². The number of halogens is 1. The van der Waals surface area contributed by atoms with Crippen molar-refractivity contribution in [2.75, 3.05) is 12.4 Å². The van der Waals surface area contributed by atoms with Gasteiger partial charge in [-0.05, 0) is 42.8 Å². The third-order valence-corrected chi connectivity index (χ3v) is 4.19. The van der Waals surface area contributed by atoms with Gasteiger partial charge >= 0.3 is 0 Å². The largest absolute Gasteiger partial charge is 0.451 e. The van der Waals surface area contributed by atoms with Crippen molar-refractivity contribution in [1.29, 1.82) is 0 Å². The lowest BCUT2D eigenvalue weighted by molar-refractivity contribution is -0.119. The summed E-state index contributed by atoms with van der Waals surface area (Å²) in [4.78, 5) is 23.9. The third kappa shape index (κ3) is 3.67. The molecule has 0 unspecified atom stereocenters. The topological polar surface area (TPSA) is 71.3 Å². The number of amides is 2. The fraction of sp³-hybridized carbons (Fsp3) is 0.158. The Morgan fingerprint density at radius 2 is 1.84 bits per heavy atom. The number of nitrogens with one attached hydrogen (secondary N) is 2. The van der Waals surface area contributed by atoms with Gasteiger partial charge in [0.25, 0.3) is 5.91 Å². The van der Waals surface area contributed by atoms with Gasteiger partial charge in [-0.3, -0.25) is 9.59 Å². The van der Waals surface area contributed by atoms with Crippen molar-refractivity contribution in [3.8, 4) is 0 Å². The first-order valence-electron chi connectivity index (χ1n) is 7.77. The van der Waals surface area contributed by atoms with E-state index in [4.69, 9.17) is 16.0 Å². The van der Waals surface area contributed by atoms with Crippen molar-refractivity contribution >= 4 is 40.1 Å². The fourth-order valence-electron chi connectivity index (χ4n) is 2.58. The van der Waals surface area contributed by atoms with Gasteiger partial charge in [-0.25, -0.2) is 0 Å². The molecule has 0 aliphatic carbocycles. The van der Waals surface area contributed by atoms with Crippen LogP contribution >= 0.6 is 11.6 Å². The highest BCUT2D eigenvalue weighted by atomic mass is 35.5. The number of fused-ring (bicyclic) bond motifs is 1. The van der Waals surface area contributed by atoms with Crippen LogP contribution in [0, 0.1) is 6.92 Å². The van der Waals surface area contributed by atoms with E-state index >= 15 is 0 Å². The molecule has 1 heterocycles. The van der Waals surface area contributed by atoms with Gasteiger partial charge in [-0.1, -0.05) is 23.7 Å². The lowest BCUT2D eigenvalue weighted by Gasteiger charge is -2.05. The van der Waals surface area contributed by atoms with Crippen molar-refractivity contribution in [3.05, 3.63) is 64.4 Å². The van der Waals surface area contributed by atoms with E-state index in [1.807, 2.05) is 6.92 Å². The van der Waals surface area contributed by atoms with Crippen LogP contribution in [0.1, 0.15) is 21.7 Å². The molecule has 2 amide bonds. The first kappa shape index (κ1) is 17.0. The number of rotatable bonds is 4. The third-order valence-electron chi connectivity index (χ3n) is 3.96. The summed E-state index contributed by atoms with van der Waals surface area (Å²) in [6.45, 7) is 1.82. The zero-order valence-electron chi connectivity index (χ0n) is 13.9. The molecule has 0 atom stereocenters. The summed E-state index contributed by atoms with van der Waals surface area (Å²) < 4.78 is 5.66. The molecule has 0 radical (unpaired) electrons. The van der Waals surface area contributed by atoms with Gasteiger partial charge in [0.2, 0.25) is 5.91 Å². The molecule has 2 N–H and O–H groups in total. The molecule has 0 bridgehead atoms. The Labute approximate surface area is 150 Å². The Morgan fingerprint density at radius 1 is 1.12 bits per heavy atom. The minimum absolute atomic E-state index is 0.0617. The molecule has 5 nitrogen and oxygen atoms in total. The summed E-state index contributed by atoms with van der Waals surface area (Å²) in [6.07, 6.45) is 0.300. The van der Waals surface area contributed by atoms with Gasteiger partial charge in [-0.15, -0.1) is 0 Å². The molecule has 3 aromatic rings. The molecule has 0 spiro atoms. The number of anilines is 1. The van der Waals surface area contributed by atoms with Crippen LogP contribution in [-0.2, 0) is 11.2 Å². The quantitative estimate of drug-likeness (QED) is 0.743. The number of aryl methyl sites for hydroxylation is 1. The molecule has 0 fully saturated rings. The average molecular weight is 357 g/mol. The van der Waals surface area contributed by atoms with Gasteiger partial charge in [0.15, 0.2) is 5.76 Å². The number of likely N-dealkylation sites (N-methyl/N-ethyl adjacent to an activating group) is 1. The van der Waals surface area contributed by atoms with Gasteiger partial charge in [0, 0.05) is 28.7 Å². The summed E-state index contributed by atoms with van der Waals surface area (Å²) in [5.41, 5.74) is 2.86. The fourth-order valence-corrected chi connectivity index (χ4v) is 2.75. The van der Waals surface area contributed by atoms with Crippen molar-refractivity contribution < 1.29 is 14.0 Å². The summed E-state index contributed by atoms with van der Waals surface area (Å²) in [6, 6.07) is 12.4. The van der Waals surface area contributed by atoms with E-state index < -0.39 is 0 Å². The number of carbonyl (C=O) groups excluding carboxylic acids is 2. The molecular formula is C19H17ClN2O3. The normalized spacial score (nSPS) is 10.7. The smallest absolute Gasteiger partial charge is 0.291 e. The van der Waals surface area contributed by atoms with Crippen LogP contribution in [-0.4, -0.2) is 18.9 Å². The van der Waals surface area contributed by atoms with Crippen LogP contribution in [0.5, 0.6) is 0 Å². The molecule has 0 aliphatic heterocycles. The minimum atomic E-state index is -0.330. The maximum atomic E-state index is 12.5. The molecule has 6 heteroatoms. The molecule has 128 valence electrons. The molecule has 2 aromatic carbocycles. The molecule has 25 heavy (non-hydrogen) atoms. The maximum Gasteiger partial charge on any atom is 0.291 e. The molecule has 0 saturated heterocycles. The van der Waals surface area contributed by atoms with E-state index in [-0.39, 0.29) is 17.6 Å². The van der Waals surface area contributed by atoms with E-state index in [1.54, 1.807) is 49.5 Å². The predicted octanol–water partition coefficient (Wildman–Crippen LogP) is 3.94. The molecular weight excluding hydrogens is 340 g/mol. The molecule has 3 rings (SSSR count). The lowest BCUT2D eigenvalue weighted by Crippen LogP contribution is -2.19. The maximum absolute atomic E-state index is 12.5. The second-order valence-corrected chi connectivity index (χ2v) is 6.13. The van der Waals surface area contributed by atoms with Crippen LogP contribution in [0.25, 0.3) is 11.0 Å². The number of carbonyl (C=O) groups is 2. The van der Waals surface area contributed by atoms with E-state index in [0.29, 0.717) is 22.7 Å². The summed E-state index contributed by atoms with van der Waals surface area (Å²) in [5.74, 6) is -0.135. The van der Waals surface area contributed by atoms with Crippen molar-refractivity contribution in [2.45, 2.75) is 13.3 Å². The van der Waals surface area contributed by atoms with E-state index in [2.05, 4.69) is 10.6 Å². The van der Waals surface area contributed by atoms with Gasteiger partial charge in [0.05, 0.1) is 6.42 Å². The Hall–Kier alpha value is -2.79. The van der Waals surface area contributed by atoms with E-state index in [1.165, 1.54) is 0 Å². The van der Waals surface area contributed by atoms with Crippen LogP contribution in [0.4, 0.5) is 5.69 Å². The zero-order chi connectivity index (χ0) is 18.0. The van der Waals surface area contributed by atoms with Crippen molar-refractivity contribution in [3.63, 3.8) is 0 Å². The van der Waals surface area contributed by atoms with E-state index in [0.717, 1.165) is 16.5 Å². The first-order valence-corrected chi connectivity index (χ1v) is 8.15. The van der Waals surface area contributed by atoms with E-state index in [9.17, 15) is 9.59 Å². The first-order chi connectivity index (χ1) is 12.0. The predicted molar refractivity (Wildman–Crippen MR) is 98.1 cm³/mol. The Balaban J connectivity index is 1.78. The molecule has 1 aromatic heterocycles. The van der Waals surface area contributed by atoms with Crippen LogP contribution in [0.2, 0.25) is 5.02 Å². The Morgan fingerprint density at radius 3 is 2.52 bits per heavy atom. The summed E-state index contributed by atoms with van der Waals surface area (Å²) >= 11 is 6.00. The molecule has 0 saturated carbocycles. The number of furan rings is 1. The highest BCUT2D eigenvalue weighted by Gasteiger charge is 2.18. The number of benzene rings is 2. The number of hydrogen-bond donors (Lipinski definition) is 2. The summed E-state index contributed by atoms with van der Waals surface area (Å²) in [5, 5.41) is 6.79. The highest BCUT2D eigenvalue weighted by Crippen LogP contribution is 2.28. The van der Waals surface area contributed by atoms with Gasteiger partial charge in [0.1, 0.15) is 5.58 Å². The monoisotopic (exact) mass is 356 g/mol. The SMILES string of the molecule is CNC(=O)Cc1ccc(NC(=O)c2oc3ccc(Cl)cc3c2C)cc1. The molecule has 0 aliphatic rings. The van der Waals surface area contributed by atoms with Crippen molar-refractivity contribution in [2.24, 2.45) is 0 Å². The standard InChI is InChI=1S/C19H17ClN2O3/c1-11-15-10-13(20)5-8-16(15)25-18(11)19(24)22-14-6-3-12(4-7-14)9-17(23)21-2/h3-8,10H,9H2,1-2H3,(H,21,23)(H,22,24). The second-order valence-electron chi connectivity index (χ2n) is 5.70. The second kappa shape index (κ2) is 6.99. The minimum Gasteiger partial charge on any atom is -0.451 e. The Kier molecular flexibility index (Phi) is 4.76. The Bertz CT molecular complexity index is 945. The van der Waals surface area contributed by atoms with Crippen molar-refractivity contribution in [1.82, 2.24) is 5.32 Å². The zero-order valence-corrected chi connectivity index (χ0v) is 14.6. The van der Waals surface area contributed by atoms with Crippen LogP contribution < -0.4 is 10.6 Å². The average Bonchev–Trinajstić information content (AvgIpc) is 2.93. The van der Waals surface area contributed by atoms with Crippen LogP contribution in [0.15, 0.2) is 46.9 Å². The number of hydrogen-bond acceptors (Lipinski definition) is 3. The highest BCUT2D eigenvalue weighted by molar-refractivity contribution is 6.31. The van der Waals surface area contributed by atoms with Crippen LogP contribution in [0.3, 0.4) is 0 Å². The van der Waals surface area contributed by atoms with Gasteiger partial charge < -0.3 is 15.1 Å². The summed E-state index contributed by atoms with van der Waals surface area (Å²) in [7, 11) is 1.60. The lowest BCUT2D eigenvalue weighted by atomic mass is 10.1.